The number of fused-ring (bicyclic) bond motifs is 3. The largest absolute Gasteiger partial charge is 0.508 e. The normalized spacial score (nSPS) is 13.8. The summed E-state index contributed by atoms with van der Waals surface area (Å²) in [4.78, 5) is 88.5. The molecule has 8 rings (SSSR count). The van der Waals surface area contributed by atoms with Crippen LogP contribution in [0.2, 0.25) is 0 Å². The Kier molecular flexibility index (Phi) is 15.7. The van der Waals surface area contributed by atoms with Crippen LogP contribution in [-0.4, -0.2) is 87.4 Å². The fourth-order valence-corrected chi connectivity index (χ4v) is 10.0. The number of halogens is 2. The van der Waals surface area contributed by atoms with Crippen LogP contribution < -0.4 is 40.3 Å². The van der Waals surface area contributed by atoms with Crippen LogP contribution in [0.3, 0.4) is 0 Å². The van der Waals surface area contributed by atoms with Gasteiger partial charge in [-0.25, -0.2) is 0 Å². The van der Waals surface area contributed by atoms with Crippen molar-refractivity contribution in [1.29, 1.82) is 0 Å². The molecular weight excluding hydrogens is 1050 g/mol. The zero-order valence-corrected chi connectivity index (χ0v) is 43.0. The summed E-state index contributed by atoms with van der Waals surface area (Å²) in [5, 5.41) is 22.9. The molecular formula is C55H51Br2N7O8. The van der Waals surface area contributed by atoms with E-state index in [2.05, 4.69) is 47.8 Å². The predicted molar refractivity (Wildman–Crippen MR) is 287 cm³/mol. The molecule has 0 spiro atoms. The Bertz CT molecular complexity index is 3260. The van der Waals surface area contributed by atoms with Crippen molar-refractivity contribution in [2.24, 2.45) is 0 Å². The molecule has 1 aliphatic heterocycles. The number of hydrogen-bond acceptors (Lipinski definition) is 9. The molecule has 0 aromatic heterocycles. The van der Waals surface area contributed by atoms with Gasteiger partial charge in [0.15, 0.2) is 0 Å². The molecule has 15 nitrogen and oxygen atoms in total. The van der Waals surface area contributed by atoms with E-state index >= 15 is 4.79 Å². The lowest BCUT2D eigenvalue weighted by Crippen LogP contribution is -2.50. The second-order valence-electron chi connectivity index (χ2n) is 17.4. The van der Waals surface area contributed by atoms with Gasteiger partial charge in [-0.15, -0.1) is 0 Å². The van der Waals surface area contributed by atoms with E-state index < -0.39 is 29.8 Å². The monoisotopic (exact) mass is 1100 g/mol. The van der Waals surface area contributed by atoms with Gasteiger partial charge in [-0.05, 0) is 127 Å². The molecule has 0 bridgehead atoms. The van der Waals surface area contributed by atoms with Gasteiger partial charge in [0.1, 0.15) is 17.5 Å². The van der Waals surface area contributed by atoms with Crippen LogP contribution in [0, 0.1) is 6.92 Å². The summed E-state index contributed by atoms with van der Waals surface area (Å²) >= 11 is 7.06. The summed E-state index contributed by atoms with van der Waals surface area (Å²) < 4.78 is 7.53. The number of phenolic OH excluding ortho intramolecular Hbond substituents is 1. The molecule has 368 valence electrons. The van der Waals surface area contributed by atoms with Crippen molar-refractivity contribution >= 4 is 113 Å². The number of methoxy groups -OCH3 is 1. The molecule has 1 aliphatic rings. The fourth-order valence-electron chi connectivity index (χ4n) is 9.24. The number of rotatable bonds is 17. The number of nitrogens with zero attached hydrogens (tertiary/aromatic N) is 4. The highest BCUT2D eigenvalue weighted by atomic mass is 79.9. The van der Waals surface area contributed by atoms with Crippen molar-refractivity contribution < 1.29 is 38.6 Å². The number of carbonyl (C=O) groups excluding carboxylic acids is 6. The summed E-state index contributed by atoms with van der Waals surface area (Å²) in [6.45, 7) is 3.31. The van der Waals surface area contributed by atoms with Crippen molar-refractivity contribution in [3.05, 3.63) is 164 Å². The topological polar surface area (TPSA) is 181 Å². The molecule has 7 aromatic carbocycles. The van der Waals surface area contributed by atoms with Crippen molar-refractivity contribution in [3.8, 4) is 11.5 Å². The van der Waals surface area contributed by atoms with Gasteiger partial charge >= 0.3 is 0 Å². The molecule has 0 fully saturated rings. The Hall–Kier alpha value is -7.60. The second kappa shape index (κ2) is 22.2. The number of para-hydroxylation sites is 4. The van der Waals surface area contributed by atoms with E-state index in [-0.39, 0.29) is 55.5 Å². The van der Waals surface area contributed by atoms with Gasteiger partial charge < -0.3 is 45.4 Å². The quantitative estimate of drug-likeness (QED) is 0.0652. The number of ether oxygens (including phenoxy) is 1. The molecule has 4 N–H and O–H groups in total. The van der Waals surface area contributed by atoms with Crippen molar-refractivity contribution in [1.82, 2.24) is 16.0 Å². The molecule has 2 unspecified atom stereocenters. The van der Waals surface area contributed by atoms with Gasteiger partial charge in [0.2, 0.25) is 18.7 Å². The lowest BCUT2D eigenvalue weighted by molar-refractivity contribution is -0.123. The van der Waals surface area contributed by atoms with Crippen molar-refractivity contribution in [2.75, 3.05) is 53.4 Å². The van der Waals surface area contributed by atoms with Crippen LogP contribution in [0.15, 0.2) is 136 Å². The molecule has 6 amide bonds. The Balaban J connectivity index is 1.15. The number of nitrogens with one attached hydrogen (secondary N) is 3. The Morgan fingerprint density at radius 1 is 0.833 bits per heavy atom. The first-order valence-electron chi connectivity index (χ1n) is 23.0. The smallest absolute Gasteiger partial charge is 0.258 e. The summed E-state index contributed by atoms with van der Waals surface area (Å²) in [5.74, 6) is -1.15. The van der Waals surface area contributed by atoms with Crippen LogP contribution >= 0.6 is 31.9 Å². The van der Waals surface area contributed by atoms with Crippen molar-refractivity contribution in [3.63, 3.8) is 0 Å². The molecule has 0 saturated carbocycles. The maximum atomic E-state index is 15.1. The maximum Gasteiger partial charge on any atom is 0.258 e. The maximum absolute atomic E-state index is 15.1. The number of carbonyl (C=O) groups is 6. The van der Waals surface area contributed by atoms with E-state index in [1.54, 1.807) is 112 Å². The summed E-state index contributed by atoms with van der Waals surface area (Å²) in [6, 6.07) is 35.5. The number of hydrogen-bond donors (Lipinski definition) is 4. The highest BCUT2D eigenvalue weighted by Gasteiger charge is 2.37. The standard InChI is InChI=1S/C55H51Br2N7O8/c1-33-23-37(53(69)62(27-34(2)60-52(68)26-58-3)47-10-6-5-9-46(47)61(32-66)28-43-41-19-16-38(56)24-35(41)14-21-50(43)67)13-18-40(33)54(70)64-30-45(59-31-65)55(71)63(48-11-7-8-12-49(48)64)29-44-42-20-17-39(57)25-36(42)15-22-51(44)72-4/h5-25,31-32,34,45,58,67H,26-30H2,1-4H3,(H,59,65)(H,60,68). The number of anilines is 4. The van der Waals surface area contributed by atoms with E-state index in [9.17, 15) is 29.1 Å². The first-order valence-corrected chi connectivity index (χ1v) is 24.6. The van der Waals surface area contributed by atoms with Gasteiger partial charge in [-0.3, -0.25) is 28.8 Å². The van der Waals surface area contributed by atoms with Crippen LogP contribution in [0.25, 0.3) is 21.5 Å². The molecule has 0 radical (unpaired) electrons. The predicted octanol–water partition coefficient (Wildman–Crippen LogP) is 8.38. The van der Waals surface area contributed by atoms with Crippen LogP contribution in [0.1, 0.15) is 44.3 Å². The van der Waals surface area contributed by atoms with Crippen LogP contribution in [-0.2, 0) is 32.3 Å². The fraction of sp³-hybridized carbons (Fsp3) is 0.200. The number of aryl methyl sites for hydroxylation is 1. The van der Waals surface area contributed by atoms with Crippen LogP contribution in [0.4, 0.5) is 22.7 Å². The summed E-state index contributed by atoms with van der Waals surface area (Å²) in [6.07, 6.45) is 1.09. The average molecular weight is 1100 g/mol. The van der Waals surface area contributed by atoms with E-state index in [0.717, 1.165) is 36.1 Å². The number of phenols is 1. The molecule has 72 heavy (non-hydrogen) atoms. The number of amides is 6. The minimum Gasteiger partial charge on any atom is -0.508 e. The highest BCUT2D eigenvalue weighted by molar-refractivity contribution is 9.10. The second-order valence-corrected chi connectivity index (χ2v) is 19.2. The summed E-state index contributed by atoms with van der Waals surface area (Å²) in [5.41, 5.74) is 3.69. The third kappa shape index (κ3) is 10.5. The molecule has 2 atom stereocenters. The van der Waals surface area contributed by atoms with E-state index in [4.69, 9.17) is 4.74 Å². The van der Waals surface area contributed by atoms with Crippen molar-refractivity contribution in [2.45, 2.75) is 39.0 Å². The average Bonchev–Trinajstić information content (AvgIpc) is 3.48. The molecule has 17 heteroatoms. The molecule has 7 aromatic rings. The van der Waals surface area contributed by atoms with Gasteiger partial charge in [0, 0.05) is 43.8 Å². The van der Waals surface area contributed by atoms with Gasteiger partial charge in [0.25, 0.3) is 17.7 Å². The Morgan fingerprint density at radius 3 is 2.14 bits per heavy atom. The third-order valence-electron chi connectivity index (χ3n) is 12.6. The SMILES string of the molecule is CNCC(=O)NC(C)CN(C(=O)c1ccc(C(=O)N2CC(NC=O)C(=O)N(Cc3c(OC)ccc4cc(Br)ccc34)c3ccccc32)c(C)c1)c1ccccc1N(C=O)Cc1c(O)ccc2cc(Br)ccc12. The lowest BCUT2D eigenvalue weighted by Gasteiger charge is -2.31. The first-order chi connectivity index (χ1) is 34.7. The van der Waals surface area contributed by atoms with Gasteiger partial charge in [-0.1, -0.05) is 80.4 Å². The zero-order valence-electron chi connectivity index (χ0n) is 39.8. The van der Waals surface area contributed by atoms with Gasteiger partial charge in [0.05, 0.1) is 56.0 Å². The minimum atomic E-state index is -1.14. The molecule has 0 saturated heterocycles. The third-order valence-corrected chi connectivity index (χ3v) is 13.6. The van der Waals surface area contributed by atoms with E-state index in [1.165, 1.54) is 14.7 Å². The van der Waals surface area contributed by atoms with Gasteiger partial charge in [-0.2, -0.15) is 0 Å². The molecule has 0 aliphatic carbocycles. The Labute approximate surface area is 433 Å². The number of benzene rings is 7. The zero-order chi connectivity index (χ0) is 51.2. The van der Waals surface area contributed by atoms with E-state index in [1.807, 2.05) is 48.5 Å². The Morgan fingerprint density at radius 2 is 1.49 bits per heavy atom. The minimum absolute atomic E-state index is 0.00795. The van der Waals surface area contributed by atoms with E-state index in [0.29, 0.717) is 52.4 Å². The number of aromatic hydroxyl groups is 1. The van der Waals surface area contributed by atoms with Crippen LogP contribution in [0.5, 0.6) is 11.5 Å². The highest BCUT2D eigenvalue weighted by Crippen LogP contribution is 2.39. The number of likely N-dealkylation sites (N-methyl/N-ethyl adjacent to an activating group) is 1. The lowest BCUT2D eigenvalue weighted by atomic mass is 10.0. The first kappa shape index (κ1) is 50.8. The summed E-state index contributed by atoms with van der Waals surface area (Å²) in [7, 11) is 3.21. The molecule has 1 heterocycles.